The van der Waals surface area contributed by atoms with Crippen LogP contribution < -0.4 is 15.0 Å². The van der Waals surface area contributed by atoms with Crippen molar-refractivity contribution in [3.8, 4) is 17.2 Å². The summed E-state index contributed by atoms with van der Waals surface area (Å²) in [5, 5.41) is 8.28. The average Bonchev–Trinajstić information content (AvgIpc) is 3.36. The van der Waals surface area contributed by atoms with Crippen LogP contribution in [-0.2, 0) is 5.75 Å². The molecule has 28 heavy (non-hydrogen) atoms. The van der Waals surface area contributed by atoms with Crippen LogP contribution in [0.3, 0.4) is 0 Å². The van der Waals surface area contributed by atoms with Crippen molar-refractivity contribution in [3.05, 3.63) is 69.6 Å². The average molecular weight is 413 g/mol. The SMILES string of the molecule is O=c1c2cn[nH]c2nc(SCc2cc3c(cc2Cl)OCO3)n1-c1ccccc1. The highest BCUT2D eigenvalue weighted by molar-refractivity contribution is 7.98. The van der Waals surface area contributed by atoms with Crippen molar-refractivity contribution in [2.45, 2.75) is 10.9 Å². The third-order valence-corrected chi connectivity index (χ3v) is 5.70. The van der Waals surface area contributed by atoms with Gasteiger partial charge in [0, 0.05) is 16.8 Å². The Morgan fingerprint density at radius 2 is 1.96 bits per heavy atom. The fourth-order valence-electron chi connectivity index (χ4n) is 2.99. The van der Waals surface area contributed by atoms with Crippen molar-refractivity contribution in [2.24, 2.45) is 0 Å². The number of nitrogens with one attached hydrogen (secondary N) is 1. The van der Waals surface area contributed by atoms with E-state index >= 15 is 0 Å². The molecule has 7 nitrogen and oxygen atoms in total. The number of thioether (sulfide) groups is 1. The van der Waals surface area contributed by atoms with Gasteiger partial charge in [-0.3, -0.25) is 14.5 Å². The topological polar surface area (TPSA) is 82.0 Å². The van der Waals surface area contributed by atoms with E-state index in [9.17, 15) is 4.79 Å². The van der Waals surface area contributed by atoms with Crippen molar-refractivity contribution in [1.82, 2.24) is 19.7 Å². The van der Waals surface area contributed by atoms with Crippen LogP contribution in [0.1, 0.15) is 5.56 Å². The molecule has 5 rings (SSSR count). The van der Waals surface area contributed by atoms with Gasteiger partial charge >= 0.3 is 0 Å². The molecular weight excluding hydrogens is 400 g/mol. The minimum Gasteiger partial charge on any atom is -0.454 e. The van der Waals surface area contributed by atoms with Crippen molar-refractivity contribution >= 4 is 34.4 Å². The number of para-hydroxylation sites is 1. The molecule has 0 amide bonds. The first-order valence-corrected chi connectivity index (χ1v) is 9.79. The fraction of sp³-hybridized carbons (Fsp3) is 0.105. The molecule has 0 bridgehead atoms. The standard InChI is InChI=1S/C19H13ClN4O3S/c20-14-7-16-15(26-10-27-16)6-11(14)9-28-19-22-17-13(8-21-23-17)18(25)24(19)12-4-2-1-3-5-12/h1-8H,9-10H2,(H,21,23). The van der Waals surface area contributed by atoms with E-state index in [0.717, 1.165) is 11.3 Å². The summed E-state index contributed by atoms with van der Waals surface area (Å²) in [4.78, 5) is 17.6. The summed E-state index contributed by atoms with van der Waals surface area (Å²) in [6.45, 7) is 0.188. The molecule has 0 unspecified atom stereocenters. The number of ether oxygens (including phenoxy) is 2. The number of rotatable bonds is 4. The number of halogens is 1. The lowest BCUT2D eigenvalue weighted by molar-refractivity contribution is 0.174. The summed E-state index contributed by atoms with van der Waals surface area (Å²) in [5.74, 6) is 1.81. The molecule has 4 aromatic rings. The molecule has 0 fully saturated rings. The van der Waals surface area contributed by atoms with Crippen LogP contribution in [-0.4, -0.2) is 26.5 Å². The Hall–Kier alpha value is -2.97. The molecule has 2 aromatic carbocycles. The summed E-state index contributed by atoms with van der Waals surface area (Å²) in [7, 11) is 0. The highest BCUT2D eigenvalue weighted by Crippen LogP contribution is 2.38. The molecule has 1 N–H and O–H groups in total. The minimum atomic E-state index is -0.177. The zero-order valence-corrected chi connectivity index (χ0v) is 16.0. The number of fused-ring (bicyclic) bond motifs is 2. The largest absolute Gasteiger partial charge is 0.454 e. The molecule has 0 aliphatic carbocycles. The Balaban J connectivity index is 1.57. The number of nitrogens with zero attached hydrogens (tertiary/aromatic N) is 3. The molecule has 1 aliphatic heterocycles. The van der Waals surface area contributed by atoms with Crippen LogP contribution >= 0.6 is 23.4 Å². The number of aromatic nitrogens is 4. The molecule has 0 atom stereocenters. The van der Waals surface area contributed by atoms with Gasteiger partial charge in [-0.1, -0.05) is 41.6 Å². The Labute approximate surface area is 168 Å². The molecule has 0 saturated heterocycles. The predicted octanol–water partition coefficient (Wildman–Crippen LogP) is 3.78. The third kappa shape index (κ3) is 2.90. The van der Waals surface area contributed by atoms with Gasteiger partial charge in [-0.15, -0.1) is 0 Å². The number of hydrogen-bond acceptors (Lipinski definition) is 6. The van der Waals surface area contributed by atoms with Crippen LogP contribution in [0.5, 0.6) is 11.5 Å². The van der Waals surface area contributed by atoms with E-state index in [1.54, 1.807) is 10.6 Å². The summed E-state index contributed by atoms with van der Waals surface area (Å²) in [5.41, 5.74) is 1.89. The van der Waals surface area contributed by atoms with Gasteiger partial charge in [0.2, 0.25) is 6.79 Å². The Morgan fingerprint density at radius 3 is 2.79 bits per heavy atom. The normalized spacial score (nSPS) is 12.6. The van der Waals surface area contributed by atoms with E-state index in [0.29, 0.717) is 38.5 Å². The van der Waals surface area contributed by atoms with Gasteiger partial charge < -0.3 is 9.47 Å². The smallest absolute Gasteiger partial charge is 0.269 e. The maximum atomic E-state index is 13.0. The Bertz CT molecular complexity index is 1240. The van der Waals surface area contributed by atoms with Crippen LogP contribution in [0.25, 0.3) is 16.7 Å². The number of hydrogen-bond donors (Lipinski definition) is 1. The van der Waals surface area contributed by atoms with Crippen molar-refractivity contribution in [2.75, 3.05) is 6.79 Å². The summed E-state index contributed by atoms with van der Waals surface area (Å²) in [6.07, 6.45) is 1.49. The zero-order valence-electron chi connectivity index (χ0n) is 14.4. The maximum Gasteiger partial charge on any atom is 0.269 e. The van der Waals surface area contributed by atoms with E-state index in [1.807, 2.05) is 36.4 Å². The minimum absolute atomic E-state index is 0.177. The maximum absolute atomic E-state index is 13.0. The second kappa shape index (κ2) is 6.88. The highest BCUT2D eigenvalue weighted by Gasteiger charge is 2.19. The van der Waals surface area contributed by atoms with Crippen LogP contribution in [0, 0.1) is 0 Å². The molecule has 0 radical (unpaired) electrons. The molecule has 0 spiro atoms. The summed E-state index contributed by atoms with van der Waals surface area (Å²) >= 11 is 7.80. The van der Waals surface area contributed by atoms with E-state index in [4.69, 9.17) is 21.1 Å². The lowest BCUT2D eigenvalue weighted by Crippen LogP contribution is -2.21. The van der Waals surface area contributed by atoms with Crippen LogP contribution in [0.4, 0.5) is 0 Å². The van der Waals surface area contributed by atoms with E-state index < -0.39 is 0 Å². The van der Waals surface area contributed by atoms with Gasteiger partial charge in [-0.25, -0.2) is 4.98 Å². The Morgan fingerprint density at radius 1 is 1.18 bits per heavy atom. The molecular formula is C19H13ClN4O3S. The van der Waals surface area contributed by atoms with Crippen LogP contribution in [0.15, 0.2) is 58.6 Å². The molecule has 0 saturated carbocycles. The first kappa shape index (κ1) is 17.2. The number of aromatic amines is 1. The third-order valence-electron chi connectivity index (χ3n) is 4.36. The molecule has 140 valence electrons. The van der Waals surface area contributed by atoms with Crippen molar-refractivity contribution in [3.63, 3.8) is 0 Å². The summed E-state index contributed by atoms with van der Waals surface area (Å²) in [6, 6.07) is 13.0. The van der Waals surface area contributed by atoms with Crippen LogP contribution in [0.2, 0.25) is 5.02 Å². The van der Waals surface area contributed by atoms with Gasteiger partial charge in [0.15, 0.2) is 22.3 Å². The van der Waals surface area contributed by atoms with E-state index in [2.05, 4.69) is 15.2 Å². The van der Waals surface area contributed by atoms with Gasteiger partial charge in [0.1, 0.15) is 5.39 Å². The Kier molecular flexibility index (Phi) is 4.22. The monoisotopic (exact) mass is 412 g/mol. The lowest BCUT2D eigenvalue weighted by Gasteiger charge is -2.12. The van der Waals surface area contributed by atoms with Gasteiger partial charge in [0.25, 0.3) is 5.56 Å². The quantitative estimate of drug-likeness (QED) is 0.405. The number of benzene rings is 2. The highest BCUT2D eigenvalue weighted by atomic mass is 35.5. The lowest BCUT2D eigenvalue weighted by atomic mass is 10.2. The zero-order chi connectivity index (χ0) is 19.1. The second-order valence-corrected chi connectivity index (χ2v) is 7.44. The molecule has 9 heteroatoms. The summed E-state index contributed by atoms with van der Waals surface area (Å²) < 4.78 is 12.4. The van der Waals surface area contributed by atoms with Crippen molar-refractivity contribution < 1.29 is 9.47 Å². The number of H-pyrrole nitrogens is 1. The molecule has 1 aliphatic rings. The van der Waals surface area contributed by atoms with Gasteiger partial charge in [0.05, 0.1) is 11.9 Å². The van der Waals surface area contributed by atoms with E-state index in [1.165, 1.54) is 18.0 Å². The predicted molar refractivity (Wildman–Crippen MR) is 107 cm³/mol. The van der Waals surface area contributed by atoms with Crippen molar-refractivity contribution in [1.29, 1.82) is 0 Å². The second-order valence-electron chi connectivity index (χ2n) is 6.09. The van der Waals surface area contributed by atoms with Gasteiger partial charge in [-0.2, -0.15) is 5.10 Å². The molecule has 3 heterocycles. The first-order chi connectivity index (χ1) is 13.7. The van der Waals surface area contributed by atoms with Gasteiger partial charge in [-0.05, 0) is 23.8 Å². The fourth-order valence-corrected chi connectivity index (χ4v) is 4.28. The van der Waals surface area contributed by atoms with E-state index in [-0.39, 0.29) is 12.4 Å². The first-order valence-electron chi connectivity index (χ1n) is 8.43. The molecule has 2 aromatic heterocycles.